The fourth-order valence-corrected chi connectivity index (χ4v) is 3.79. The zero-order valence-electron chi connectivity index (χ0n) is 13.6. The SMILES string of the molecule is Cn1cccc1CN1CCCC(n2c(=O)oc3ccc(Cl)cc32)C1. The number of piperidine rings is 1. The number of benzene rings is 1. The number of fused-ring (bicyclic) bond motifs is 1. The van der Waals surface area contributed by atoms with E-state index in [4.69, 9.17) is 16.0 Å². The van der Waals surface area contributed by atoms with Gasteiger partial charge in [0.2, 0.25) is 0 Å². The zero-order chi connectivity index (χ0) is 16.7. The summed E-state index contributed by atoms with van der Waals surface area (Å²) in [7, 11) is 2.06. The van der Waals surface area contributed by atoms with Gasteiger partial charge in [-0.3, -0.25) is 9.47 Å². The summed E-state index contributed by atoms with van der Waals surface area (Å²) in [5, 5.41) is 0.619. The lowest BCUT2D eigenvalue weighted by molar-refractivity contribution is 0.165. The molecule has 2 aromatic heterocycles. The third kappa shape index (κ3) is 2.78. The molecule has 1 aliphatic heterocycles. The average Bonchev–Trinajstić information content (AvgIpc) is 3.10. The number of hydrogen-bond acceptors (Lipinski definition) is 3. The second-order valence-corrected chi connectivity index (χ2v) is 6.93. The minimum Gasteiger partial charge on any atom is -0.408 e. The highest BCUT2D eigenvalue weighted by Crippen LogP contribution is 2.27. The molecule has 5 nitrogen and oxygen atoms in total. The summed E-state index contributed by atoms with van der Waals surface area (Å²) < 4.78 is 9.31. The van der Waals surface area contributed by atoms with Gasteiger partial charge in [-0.05, 0) is 49.7 Å². The summed E-state index contributed by atoms with van der Waals surface area (Å²) in [6.07, 6.45) is 4.10. The summed E-state index contributed by atoms with van der Waals surface area (Å²) in [6, 6.07) is 9.65. The van der Waals surface area contributed by atoms with Crippen LogP contribution in [-0.4, -0.2) is 27.1 Å². The molecule has 24 heavy (non-hydrogen) atoms. The third-order valence-electron chi connectivity index (χ3n) is 4.86. The predicted octanol–water partition coefficient (Wildman–Crippen LogP) is 3.42. The molecule has 3 aromatic rings. The van der Waals surface area contributed by atoms with E-state index in [0.717, 1.165) is 38.0 Å². The van der Waals surface area contributed by atoms with Crippen molar-refractivity contribution in [3.05, 3.63) is 57.8 Å². The molecule has 6 heteroatoms. The van der Waals surface area contributed by atoms with E-state index >= 15 is 0 Å². The van der Waals surface area contributed by atoms with Crippen molar-refractivity contribution < 1.29 is 4.42 Å². The van der Waals surface area contributed by atoms with Gasteiger partial charge in [-0.25, -0.2) is 4.79 Å². The molecule has 1 aliphatic rings. The molecule has 4 rings (SSSR count). The standard InChI is InChI=1S/C18H20ClN3O2/c1-20-8-2-4-14(20)11-21-9-3-5-15(12-21)22-16-10-13(19)6-7-17(16)24-18(22)23/h2,4,6-8,10,15H,3,5,9,11-12H2,1H3. The highest BCUT2D eigenvalue weighted by Gasteiger charge is 2.25. The van der Waals surface area contributed by atoms with Gasteiger partial charge in [-0.2, -0.15) is 0 Å². The number of hydrogen-bond donors (Lipinski definition) is 0. The van der Waals surface area contributed by atoms with Crippen LogP contribution in [0.2, 0.25) is 5.02 Å². The molecule has 0 bridgehead atoms. The molecule has 3 heterocycles. The summed E-state index contributed by atoms with van der Waals surface area (Å²) in [4.78, 5) is 14.8. The monoisotopic (exact) mass is 345 g/mol. The van der Waals surface area contributed by atoms with Crippen LogP contribution < -0.4 is 5.76 Å². The van der Waals surface area contributed by atoms with Crippen LogP contribution in [0.5, 0.6) is 0 Å². The molecule has 0 spiro atoms. The first kappa shape index (κ1) is 15.5. The summed E-state index contributed by atoms with van der Waals surface area (Å²) in [5.74, 6) is -0.294. The van der Waals surface area contributed by atoms with Crippen molar-refractivity contribution in [3.63, 3.8) is 0 Å². The summed E-state index contributed by atoms with van der Waals surface area (Å²) in [6.45, 7) is 2.78. The smallest absolute Gasteiger partial charge is 0.408 e. The van der Waals surface area contributed by atoms with Gasteiger partial charge < -0.3 is 8.98 Å². The summed E-state index contributed by atoms with van der Waals surface area (Å²) in [5.41, 5.74) is 2.67. The Morgan fingerprint density at radius 2 is 2.21 bits per heavy atom. The number of likely N-dealkylation sites (tertiary alicyclic amines) is 1. The molecule has 0 amide bonds. The first-order valence-corrected chi connectivity index (χ1v) is 8.63. The molecular weight excluding hydrogens is 326 g/mol. The van der Waals surface area contributed by atoms with E-state index < -0.39 is 0 Å². The van der Waals surface area contributed by atoms with Crippen LogP contribution >= 0.6 is 11.6 Å². The van der Waals surface area contributed by atoms with Gasteiger partial charge in [-0.1, -0.05) is 11.6 Å². The van der Waals surface area contributed by atoms with Gasteiger partial charge in [0, 0.05) is 37.1 Å². The van der Waals surface area contributed by atoms with Gasteiger partial charge in [0.25, 0.3) is 0 Å². The average molecular weight is 346 g/mol. The van der Waals surface area contributed by atoms with Gasteiger partial charge in [0.05, 0.1) is 11.6 Å². The fourth-order valence-electron chi connectivity index (χ4n) is 3.63. The van der Waals surface area contributed by atoms with Crippen LogP contribution in [0.1, 0.15) is 24.6 Å². The number of aryl methyl sites for hydroxylation is 1. The number of aromatic nitrogens is 2. The lowest BCUT2D eigenvalue weighted by atomic mass is 10.0. The second-order valence-electron chi connectivity index (χ2n) is 6.49. The number of rotatable bonds is 3. The van der Waals surface area contributed by atoms with E-state index in [1.807, 2.05) is 6.07 Å². The Balaban J connectivity index is 1.62. The number of oxazole rings is 1. The molecule has 1 fully saturated rings. The first-order chi connectivity index (χ1) is 11.6. The molecule has 0 saturated carbocycles. The van der Waals surface area contributed by atoms with Crippen molar-refractivity contribution >= 4 is 22.7 Å². The van der Waals surface area contributed by atoms with Crippen LogP contribution in [-0.2, 0) is 13.6 Å². The van der Waals surface area contributed by atoms with E-state index in [9.17, 15) is 4.79 Å². The van der Waals surface area contributed by atoms with Gasteiger partial charge >= 0.3 is 5.76 Å². The van der Waals surface area contributed by atoms with E-state index in [1.165, 1.54) is 5.69 Å². The lowest BCUT2D eigenvalue weighted by Gasteiger charge is -2.33. The molecule has 1 aromatic carbocycles. The number of nitrogens with zero attached hydrogens (tertiary/aromatic N) is 3. The third-order valence-corrected chi connectivity index (χ3v) is 5.09. The first-order valence-electron chi connectivity index (χ1n) is 8.25. The van der Waals surface area contributed by atoms with Crippen LogP contribution in [0.3, 0.4) is 0 Å². The lowest BCUT2D eigenvalue weighted by Crippen LogP contribution is -2.38. The Bertz CT molecular complexity index is 924. The minimum absolute atomic E-state index is 0.117. The number of halogens is 1. The van der Waals surface area contributed by atoms with Crippen molar-refractivity contribution in [1.29, 1.82) is 0 Å². The van der Waals surface area contributed by atoms with E-state index in [1.54, 1.807) is 16.7 Å². The maximum atomic E-state index is 12.4. The van der Waals surface area contributed by atoms with Crippen molar-refractivity contribution in [2.75, 3.05) is 13.1 Å². The largest absolute Gasteiger partial charge is 0.420 e. The molecule has 1 atom stereocenters. The summed E-state index contributed by atoms with van der Waals surface area (Å²) >= 11 is 6.11. The molecule has 1 saturated heterocycles. The minimum atomic E-state index is -0.294. The quantitative estimate of drug-likeness (QED) is 0.730. The van der Waals surface area contributed by atoms with Crippen molar-refractivity contribution in [1.82, 2.24) is 14.0 Å². The second kappa shape index (κ2) is 6.15. The van der Waals surface area contributed by atoms with E-state index in [-0.39, 0.29) is 11.8 Å². The maximum absolute atomic E-state index is 12.4. The Kier molecular flexibility index (Phi) is 3.98. The molecule has 0 N–H and O–H groups in total. The van der Waals surface area contributed by atoms with Crippen molar-refractivity contribution in [3.8, 4) is 0 Å². The van der Waals surface area contributed by atoms with Crippen LogP contribution in [0.15, 0.2) is 45.7 Å². The van der Waals surface area contributed by atoms with E-state index in [0.29, 0.717) is 10.6 Å². The molecule has 0 radical (unpaired) electrons. The van der Waals surface area contributed by atoms with Crippen molar-refractivity contribution in [2.24, 2.45) is 7.05 Å². The Labute approximate surface area is 145 Å². The highest BCUT2D eigenvalue weighted by atomic mass is 35.5. The van der Waals surface area contributed by atoms with E-state index in [2.05, 4.69) is 34.8 Å². The highest BCUT2D eigenvalue weighted by molar-refractivity contribution is 6.31. The molecule has 0 aliphatic carbocycles. The van der Waals surface area contributed by atoms with Crippen LogP contribution in [0, 0.1) is 0 Å². The molecule has 1 unspecified atom stereocenters. The van der Waals surface area contributed by atoms with Crippen LogP contribution in [0.25, 0.3) is 11.1 Å². The Morgan fingerprint density at radius 3 is 3.00 bits per heavy atom. The molecular formula is C18H20ClN3O2. The normalized spacial score (nSPS) is 19.2. The molecule has 126 valence electrons. The topological polar surface area (TPSA) is 43.3 Å². The maximum Gasteiger partial charge on any atom is 0.420 e. The van der Waals surface area contributed by atoms with Gasteiger partial charge in [0.15, 0.2) is 5.58 Å². The fraction of sp³-hybridized carbons (Fsp3) is 0.389. The van der Waals surface area contributed by atoms with Gasteiger partial charge in [-0.15, -0.1) is 0 Å². The predicted molar refractivity (Wildman–Crippen MR) is 94.4 cm³/mol. The van der Waals surface area contributed by atoms with Crippen LogP contribution in [0.4, 0.5) is 0 Å². The zero-order valence-corrected chi connectivity index (χ0v) is 14.4. The Morgan fingerprint density at radius 1 is 1.33 bits per heavy atom. The van der Waals surface area contributed by atoms with Crippen molar-refractivity contribution in [2.45, 2.75) is 25.4 Å². The van der Waals surface area contributed by atoms with Gasteiger partial charge in [0.1, 0.15) is 0 Å². The Hall–Kier alpha value is -1.98.